The number of halogens is 2. The Morgan fingerprint density at radius 3 is 2.50 bits per heavy atom. The first-order valence-corrected chi connectivity index (χ1v) is 8.96. The van der Waals surface area contributed by atoms with Gasteiger partial charge in [0, 0.05) is 23.1 Å². The van der Waals surface area contributed by atoms with Crippen LogP contribution in [0.2, 0.25) is 5.02 Å². The summed E-state index contributed by atoms with van der Waals surface area (Å²) in [4.78, 5) is 13.0. The maximum Gasteiger partial charge on any atom is 0.261 e. The van der Waals surface area contributed by atoms with Crippen molar-refractivity contribution >= 4 is 23.2 Å². The summed E-state index contributed by atoms with van der Waals surface area (Å²) in [5, 5.41) is 7.83. The van der Waals surface area contributed by atoms with Crippen molar-refractivity contribution in [2.45, 2.75) is 6.92 Å². The summed E-state index contributed by atoms with van der Waals surface area (Å²) in [5.41, 5.74) is 2.43. The second-order valence-corrected chi connectivity index (χ2v) is 6.63. The topological polar surface area (TPSA) is 51.9 Å². The molecular weight excluding hydrogens is 379 g/mol. The molecule has 2 heterocycles. The van der Waals surface area contributed by atoms with E-state index in [0.717, 1.165) is 5.56 Å². The molecule has 0 aliphatic carbocycles. The van der Waals surface area contributed by atoms with Crippen LogP contribution in [0.1, 0.15) is 15.9 Å². The van der Waals surface area contributed by atoms with Crippen molar-refractivity contribution in [2.75, 3.05) is 5.32 Å². The van der Waals surface area contributed by atoms with Crippen molar-refractivity contribution in [3.05, 3.63) is 95.2 Å². The minimum Gasteiger partial charge on any atom is -0.322 e. The fraction of sp³-hybridized carbons (Fsp3) is 0.0476. The number of nitrogens with one attached hydrogen (secondary N) is 1. The van der Waals surface area contributed by atoms with Gasteiger partial charge in [-0.2, -0.15) is 5.10 Å². The van der Waals surface area contributed by atoms with Crippen LogP contribution in [0.25, 0.3) is 11.5 Å². The van der Waals surface area contributed by atoms with Crippen molar-refractivity contribution < 1.29 is 9.18 Å². The first-order chi connectivity index (χ1) is 13.5. The normalized spacial score (nSPS) is 10.8. The van der Waals surface area contributed by atoms with Crippen molar-refractivity contribution in [3.8, 4) is 11.5 Å². The van der Waals surface area contributed by atoms with Crippen LogP contribution in [0.5, 0.6) is 0 Å². The van der Waals surface area contributed by atoms with Gasteiger partial charge < -0.3 is 9.88 Å². The average molecular weight is 395 g/mol. The Bertz CT molecular complexity index is 1130. The molecule has 7 heteroatoms. The molecule has 0 saturated heterocycles. The van der Waals surface area contributed by atoms with Gasteiger partial charge in [0.25, 0.3) is 5.91 Å². The van der Waals surface area contributed by atoms with Crippen LogP contribution < -0.4 is 5.32 Å². The Kier molecular flexibility index (Phi) is 4.71. The lowest BCUT2D eigenvalue weighted by Crippen LogP contribution is -2.16. The third-order valence-electron chi connectivity index (χ3n) is 4.42. The molecule has 5 nitrogen and oxygen atoms in total. The van der Waals surface area contributed by atoms with E-state index in [4.69, 9.17) is 11.6 Å². The zero-order valence-electron chi connectivity index (χ0n) is 14.9. The first-order valence-electron chi connectivity index (χ1n) is 8.58. The van der Waals surface area contributed by atoms with E-state index in [9.17, 15) is 9.18 Å². The molecular formula is C21H16ClFN4O. The van der Waals surface area contributed by atoms with Crippen LogP contribution >= 0.6 is 11.6 Å². The molecule has 2 aromatic carbocycles. The van der Waals surface area contributed by atoms with Crippen molar-refractivity contribution in [1.29, 1.82) is 0 Å². The molecule has 0 radical (unpaired) electrons. The Morgan fingerprint density at radius 2 is 1.79 bits per heavy atom. The predicted octanol–water partition coefficient (Wildman–Crippen LogP) is 5.02. The van der Waals surface area contributed by atoms with Crippen LogP contribution in [0, 0.1) is 12.7 Å². The van der Waals surface area contributed by atoms with Crippen LogP contribution in [0.3, 0.4) is 0 Å². The molecule has 140 valence electrons. The van der Waals surface area contributed by atoms with Gasteiger partial charge in [0.05, 0.1) is 11.9 Å². The van der Waals surface area contributed by atoms with E-state index in [2.05, 4.69) is 10.4 Å². The molecule has 4 rings (SSSR count). The molecule has 1 amide bonds. The minimum absolute atomic E-state index is 0.317. The number of benzene rings is 2. The highest BCUT2D eigenvalue weighted by Crippen LogP contribution is 2.25. The van der Waals surface area contributed by atoms with Crippen LogP contribution in [0.4, 0.5) is 10.1 Å². The van der Waals surface area contributed by atoms with Gasteiger partial charge in [0.1, 0.15) is 11.4 Å². The number of aromatic nitrogens is 3. The Morgan fingerprint density at radius 1 is 1.07 bits per heavy atom. The Labute approximate surface area is 166 Å². The standard InChI is InChI=1S/C21H16ClFN4O/c1-14-18(22)5-4-6-19(14)25-20(28)17-13-24-27(16-9-7-15(23)8-10-16)21(17)26-11-2-3-12-26/h2-13H,1H3,(H,25,28). The van der Waals surface area contributed by atoms with Gasteiger partial charge in [-0.05, 0) is 61.0 Å². The fourth-order valence-electron chi connectivity index (χ4n) is 2.93. The summed E-state index contributed by atoms with van der Waals surface area (Å²) in [6, 6.07) is 15.0. The molecule has 0 aliphatic rings. The minimum atomic E-state index is -0.340. The molecule has 0 aliphatic heterocycles. The van der Waals surface area contributed by atoms with Crippen LogP contribution in [-0.2, 0) is 0 Å². The SMILES string of the molecule is Cc1c(Cl)cccc1NC(=O)c1cnn(-c2ccc(F)cc2)c1-n1cccc1. The molecule has 0 fully saturated rings. The first kappa shape index (κ1) is 18.0. The van der Waals surface area contributed by atoms with E-state index in [1.165, 1.54) is 18.3 Å². The lowest BCUT2D eigenvalue weighted by molar-refractivity contribution is 0.102. The lowest BCUT2D eigenvalue weighted by Gasteiger charge is -2.12. The number of anilines is 1. The van der Waals surface area contributed by atoms with E-state index in [0.29, 0.717) is 27.8 Å². The quantitative estimate of drug-likeness (QED) is 0.528. The highest BCUT2D eigenvalue weighted by Gasteiger charge is 2.20. The summed E-state index contributed by atoms with van der Waals surface area (Å²) in [7, 11) is 0. The summed E-state index contributed by atoms with van der Waals surface area (Å²) < 4.78 is 16.7. The zero-order chi connectivity index (χ0) is 19.7. The molecule has 4 aromatic rings. The maximum absolute atomic E-state index is 13.3. The van der Waals surface area contributed by atoms with Gasteiger partial charge in [0.2, 0.25) is 0 Å². The third-order valence-corrected chi connectivity index (χ3v) is 4.83. The highest BCUT2D eigenvalue weighted by atomic mass is 35.5. The maximum atomic E-state index is 13.3. The predicted molar refractivity (Wildman–Crippen MR) is 107 cm³/mol. The summed E-state index contributed by atoms with van der Waals surface area (Å²) in [5.74, 6) is -0.107. The van der Waals surface area contributed by atoms with Crippen molar-refractivity contribution in [1.82, 2.24) is 14.3 Å². The molecule has 2 aromatic heterocycles. The van der Waals surface area contributed by atoms with Crippen LogP contribution in [0.15, 0.2) is 73.2 Å². The van der Waals surface area contributed by atoms with Gasteiger partial charge >= 0.3 is 0 Å². The second-order valence-electron chi connectivity index (χ2n) is 6.23. The molecule has 1 N–H and O–H groups in total. The largest absolute Gasteiger partial charge is 0.322 e. The molecule has 0 saturated carbocycles. The molecule has 0 spiro atoms. The van der Waals surface area contributed by atoms with E-state index in [-0.39, 0.29) is 11.7 Å². The van der Waals surface area contributed by atoms with Gasteiger partial charge in [0.15, 0.2) is 5.82 Å². The molecule has 28 heavy (non-hydrogen) atoms. The summed E-state index contributed by atoms with van der Waals surface area (Å²) in [6.07, 6.45) is 5.13. The zero-order valence-corrected chi connectivity index (χ0v) is 15.7. The highest BCUT2D eigenvalue weighted by molar-refractivity contribution is 6.31. The number of hydrogen-bond acceptors (Lipinski definition) is 2. The van der Waals surface area contributed by atoms with E-state index >= 15 is 0 Å². The third kappa shape index (κ3) is 3.30. The lowest BCUT2D eigenvalue weighted by atomic mass is 10.2. The smallest absolute Gasteiger partial charge is 0.261 e. The second kappa shape index (κ2) is 7.32. The number of carbonyl (C=O) groups is 1. The Hall–Kier alpha value is -3.38. The number of carbonyl (C=O) groups excluding carboxylic acids is 1. The molecule has 0 unspecified atom stereocenters. The monoisotopic (exact) mass is 394 g/mol. The van der Waals surface area contributed by atoms with E-state index in [1.807, 2.05) is 31.5 Å². The molecule has 0 atom stereocenters. The number of nitrogens with zero attached hydrogens (tertiary/aromatic N) is 3. The number of hydrogen-bond donors (Lipinski definition) is 1. The van der Waals surface area contributed by atoms with E-state index in [1.54, 1.807) is 39.6 Å². The van der Waals surface area contributed by atoms with Gasteiger partial charge in [-0.25, -0.2) is 9.07 Å². The molecule has 0 bridgehead atoms. The Balaban J connectivity index is 1.78. The number of rotatable bonds is 4. The van der Waals surface area contributed by atoms with Crippen molar-refractivity contribution in [2.24, 2.45) is 0 Å². The van der Waals surface area contributed by atoms with Gasteiger partial charge in [-0.3, -0.25) is 4.79 Å². The van der Waals surface area contributed by atoms with E-state index < -0.39 is 0 Å². The summed E-state index contributed by atoms with van der Waals surface area (Å²) >= 11 is 6.15. The average Bonchev–Trinajstić information content (AvgIpc) is 3.35. The fourth-order valence-corrected chi connectivity index (χ4v) is 3.10. The van der Waals surface area contributed by atoms with Gasteiger partial charge in [-0.1, -0.05) is 17.7 Å². The number of amides is 1. The summed E-state index contributed by atoms with van der Waals surface area (Å²) in [6.45, 7) is 1.84. The van der Waals surface area contributed by atoms with Crippen LogP contribution in [-0.4, -0.2) is 20.3 Å². The van der Waals surface area contributed by atoms with Crippen molar-refractivity contribution in [3.63, 3.8) is 0 Å². The van der Waals surface area contributed by atoms with Gasteiger partial charge in [-0.15, -0.1) is 0 Å².